The Morgan fingerprint density at radius 3 is 2.45 bits per heavy atom. The Morgan fingerprint density at radius 1 is 1.40 bits per heavy atom. The molecular formula is C11H9F6NO2. The predicted molar refractivity (Wildman–Crippen MR) is 54.5 cm³/mol. The molecule has 1 aromatic rings. The minimum absolute atomic E-state index is 0.0401. The molecule has 20 heavy (non-hydrogen) atoms. The number of hydrogen-bond donors (Lipinski definition) is 0. The number of aromatic nitrogens is 1. The third kappa shape index (κ3) is 3.84. The van der Waals surface area contributed by atoms with Crippen molar-refractivity contribution in [1.29, 1.82) is 0 Å². The van der Waals surface area contributed by atoms with Crippen LogP contribution in [0.2, 0.25) is 0 Å². The third-order valence-corrected chi connectivity index (χ3v) is 2.24. The number of ether oxygens (including phenoxy) is 1. The van der Waals surface area contributed by atoms with E-state index in [0.717, 1.165) is 0 Å². The number of rotatable bonds is 4. The van der Waals surface area contributed by atoms with Gasteiger partial charge in [0.15, 0.2) is 0 Å². The summed E-state index contributed by atoms with van der Waals surface area (Å²) in [7, 11) is 0. The zero-order valence-corrected chi connectivity index (χ0v) is 10.1. The summed E-state index contributed by atoms with van der Waals surface area (Å²) >= 11 is 0. The molecule has 0 atom stereocenters. The Hall–Kier alpha value is -1.80. The normalized spacial score (nSPS) is 11.8. The van der Waals surface area contributed by atoms with Crippen LogP contribution in [0.1, 0.15) is 30.2 Å². The summed E-state index contributed by atoms with van der Waals surface area (Å²) in [4.78, 5) is 13.9. The number of alkyl halides is 5. The first kappa shape index (κ1) is 16.3. The first-order chi connectivity index (χ1) is 9.16. The smallest absolute Gasteiger partial charge is 0.418 e. The van der Waals surface area contributed by atoms with Crippen LogP contribution in [0.25, 0.3) is 0 Å². The van der Waals surface area contributed by atoms with Crippen molar-refractivity contribution in [3.05, 3.63) is 28.8 Å². The lowest BCUT2D eigenvalue weighted by molar-refractivity contribution is -0.143. The van der Waals surface area contributed by atoms with E-state index in [4.69, 9.17) is 0 Å². The SMILES string of the molecule is CCOC(=O)Cc1nc(F)c(C(F)F)cc1C(F)(F)F. The summed E-state index contributed by atoms with van der Waals surface area (Å²) in [5.74, 6) is -2.80. The highest BCUT2D eigenvalue weighted by Crippen LogP contribution is 2.34. The van der Waals surface area contributed by atoms with Gasteiger partial charge in [0.25, 0.3) is 6.43 Å². The minimum Gasteiger partial charge on any atom is -0.466 e. The molecule has 0 radical (unpaired) electrons. The maximum Gasteiger partial charge on any atom is 0.418 e. The number of nitrogens with zero attached hydrogens (tertiary/aromatic N) is 1. The molecule has 0 unspecified atom stereocenters. The van der Waals surface area contributed by atoms with Crippen LogP contribution in [0.5, 0.6) is 0 Å². The van der Waals surface area contributed by atoms with E-state index in [0.29, 0.717) is 0 Å². The monoisotopic (exact) mass is 301 g/mol. The Bertz CT molecular complexity index is 500. The van der Waals surface area contributed by atoms with Crippen LogP contribution < -0.4 is 0 Å². The molecule has 112 valence electrons. The second kappa shape index (κ2) is 6.10. The number of esters is 1. The Morgan fingerprint density at radius 2 is 2.00 bits per heavy atom. The number of carbonyl (C=O) groups excluding carboxylic acids is 1. The lowest BCUT2D eigenvalue weighted by atomic mass is 10.1. The average molecular weight is 301 g/mol. The van der Waals surface area contributed by atoms with E-state index in [-0.39, 0.29) is 12.7 Å². The van der Waals surface area contributed by atoms with Crippen LogP contribution in [0.3, 0.4) is 0 Å². The third-order valence-electron chi connectivity index (χ3n) is 2.24. The zero-order valence-electron chi connectivity index (χ0n) is 10.1. The van der Waals surface area contributed by atoms with Crippen molar-refractivity contribution in [1.82, 2.24) is 4.98 Å². The Labute approximate surface area is 109 Å². The molecule has 0 aliphatic rings. The van der Waals surface area contributed by atoms with Crippen LogP contribution in [0.15, 0.2) is 6.07 Å². The predicted octanol–water partition coefficient (Wildman–Crippen LogP) is 3.28. The van der Waals surface area contributed by atoms with Crippen molar-refractivity contribution in [3.63, 3.8) is 0 Å². The summed E-state index contributed by atoms with van der Waals surface area (Å²) in [5.41, 5.74) is -4.04. The highest BCUT2D eigenvalue weighted by atomic mass is 19.4. The molecule has 1 heterocycles. The van der Waals surface area contributed by atoms with Crippen molar-refractivity contribution >= 4 is 5.97 Å². The summed E-state index contributed by atoms with van der Waals surface area (Å²) in [6.07, 6.45) is -9.44. The van der Waals surface area contributed by atoms with E-state index < -0.39 is 47.8 Å². The first-order valence-electron chi connectivity index (χ1n) is 5.37. The average Bonchev–Trinajstić information content (AvgIpc) is 2.26. The molecule has 0 aromatic carbocycles. The number of hydrogen-bond acceptors (Lipinski definition) is 3. The second-order valence-electron chi connectivity index (χ2n) is 3.64. The molecule has 0 aliphatic carbocycles. The van der Waals surface area contributed by atoms with E-state index in [2.05, 4.69) is 9.72 Å². The van der Waals surface area contributed by atoms with Crippen molar-refractivity contribution in [2.75, 3.05) is 6.61 Å². The van der Waals surface area contributed by atoms with E-state index in [1.54, 1.807) is 0 Å². The molecule has 0 N–H and O–H groups in total. The van der Waals surface area contributed by atoms with Gasteiger partial charge in [-0.2, -0.15) is 17.6 Å². The molecule has 0 bridgehead atoms. The van der Waals surface area contributed by atoms with Crippen LogP contribution in [0.4, 0.5) is 26.3 Å². The molecule has 0 fully saturated rings. The molecule has 0 spiro atoms. The Kier molecular flexibility index (Phi) is 4.96. The zero-order chi connectivity index (χ0) is 15.5. The van der Waals surface area contributed by atoms with E-state index in [9.17, 15) is 31.1 Å². The molecule has 9 heteroatoms. The molecule has 0 saturated heterocycles. The highest BCUT2D eigenvalue weighted by molar-refractivity contribution is 5.72. The topological polar surface area (TPSA) is 39.2 Å². The Balaban J connectivity index is 3.28. The van der Waals surface area contributed by atoms with E-state index >= 15 is 0 Å². The first-order valence-corrected chi connectivity index (χ1v) is 5.37. The molecule has 3 nitrogen and oxygen atoms in total. The maximum atomic E-state index is 13.2. The quantitative estimate of drug-likeness (QED) is 0.487. The van der Waals surface area contributed by atoms with Gasteiger partial charge in [0, 0.05) is 0 Å². The van der Waals surface area contributed by atoms with Crippen molar-refractivity contribution in [2.24, 2.45) is 0 Å². The molecule has 1 rings (SSSR count). The van der Waals surface area contributed by atoms with Crippen molar-refractivity contribution in [2.45, 2.75) is 25.9 Å². The summed E-state index contributed by atoms with van der Waals surface area (Å²) in [6.45, 7) is 1.34. The molecule has 0 amide bonds. The van der Waals surface area contributed by atoms with Crippen molar-refractivity contribution < 1.29 is 35.9 Å². The fourth-order valence-corrected chi connectivity index (χ4v) is 1.42. The highest BCUT2D eigenvalue weighted by Gasteiger charge is 2.37. The summed E-state index contributed by atoms with van der Waals surface area (Å²) in [5, 5.41) is 0. The lowest BCUT2D eigenvalue weighted by Crippen LogP contribution is -2.18. The van der Waals surface area contributed by atoms with Crippen LogP contribution in [-0.2, 0) is 22.1 Å². The van der Waals surface area contributed by atoms with Gasteiger partial charge < -0.3 is 4.74 Å². The van der Waals surface area contributed by atoms with Gasteiger partial charge in [0.2, 0.25) is 5.95 Å². The van der Waals surface area contributed by atoms with Gasteiger partial charge in [0.05, 0.1) is 29.8 Å². The van der Waals surface area contributed by atoms with Crippen molar-refractivity contribution in [3.8, 4) is 0 Å². The van der Waals surface area contributed by atoms with Gasteiger partial charge >= 0.3 is 12.1 Å². The summed E-state index contributed by atoms with van der Waals surface area (Å²) in [6, 6.07) is -0.0401. The number of carbonyl (C=O) groups is 1. The standard InChI is InChI=1S/C11H9F6NO2/c1-2-20-8(19)4-7-6(11(15,16)17)3-5(9(12)13)10(14)18-7/h3,9H,2,4H2,1H3. The van der Waals surface area contributed by atoms with Crippen LogP contribution in [0, 0.1) is 5.95 Å². The van der Waals surface area contributed by atoms with Gasteiger partial charge in [-0.05, 0) is 13.0 Å². The van der Waals surface area contributed by atoms with E-state index in [1.807, 2.05) is 0 Å². The van der Waals surface area contributed by atoms with Gasteiger partial charge in [-0.3, -0.25) is 4.79 Å². The maximum absolute atomic E-state index is 13.2. The van der Waals surface area contributed by atoms with E-state index in [1.165, 1.54) is 6.92 Å². The van der Waals surface area contributed by atoms with Gasteiger partial charge in [0.1, 0.15) is 0 Å². The van der Waals surface area contributed by atoms with Crippen LogP contribution in [-0.4, -0.2) is 17.6 Å². The largest absolute Gasteiger partial charge is 0.466 e. The number of halogens is 6. The number of pyridine rings is 1. The molecular weight excluding hydrogens is 292 g/mol. The molecule has 0 aliphatic heterocycles. The fraction of sp³-hybridized carbons (Fsp3) is 0.455. The molecule has 1 aromatic heterocycles. The second-order valence-corrected chi connectivity index (χ2v) is 3.64. The minimum atomic E-state index is -5.04. The van der Waals surface area contributed by atoms with Gasteiger partial charge in [-0.15, -0.1) is 0 Å². The fourth-order valence-electron chi connectivity index (χ4n) is 1.42. The van der Waals surface area contributed by atoms with Gasteiger partial charge in [-0.1, -0.05) is 0 Å². The molecule has 0 saturated carbocycles. The summed E-state index contributed by atoms with van der Waals surface area (Å²) < 4.78 is 80.5. The van der Waals surface area contributed by atoms with Gasteiger partial charge in [-0.25, -0.2) is 13.8 Å². The lowest BCUT2D eigenvalue weighted by Gasteiger charge is -2.13. The van der Waals surface area contributed by atoms with Crippen LogP contribution >= 0.6 is 0 Å².